The monoisotopic (exact) mass is 397 g/mol. The molecule has 0 unspecified atom stereocenters. The van der Waals surface area contributed by atoms with Gasteiger partial charge in [0.15, 0.2) is 0 Å². The van der Waals surface area contributed by atoms with Crippen molar-refractivity contribution < 1.29 is 19.2 Å². The Labute approximate surface area is 170 Å². The van der Waals surface area contributed by atoms with Crippen LogP contribution < -0.4 is 5.32 Å². The maximum atomic E-state index is 12.9. The van der Waals surface area contributed by atoms with Crippen LogP contribution in [0.5, 0.6) is 0 Å². The Morgan fingerprint density at radius 2 is 1.90 bits per heavy atom. The fourth-order valence-electron chi connectivity index (χ4n) is 5.38. The minimum atomic E-state index is -0.916. The van der Waals surface area contributed by atoms with Gasteiger partial charge in [-0.15, -0.1) is 0 Å². The Balaban J connectivity index is 1.44. The molecule has 1 heterocycles. The molecular weight excluding hydrogens is 370 g/mol. The molecule has 1 aromatic carbocycles. The first-order valence-corrected chi connectivity index (χ1v) is 10.3. The lowest BCUT2D eigenvalue weighted by atomic mass is 9.83. The van der Waals surface area contributed by atoms with Crippen LogP contribution in [0.3, 0.4) is 0 Å². The fraction of sp³-hybridized carbons (Fsp3) is 0.545. The molecule has 0 radical (unpaired) electrons. The van der Waals surface area contributed by atoms with Gasteiger partial charge in [-0.2, -0.15) is 0 Å². The fourth-order valence-corrected chi connectivity index (χ4v) is 5.38. The van der Waals surface area contributed by atoms with Gasteiger partial charge in [-0.05, 0) is 69.4 Å². The minimum Gasteiger partial charge on any atom is -0.324 e. The number of benzene rings is 1. The van der Waals surface area contributed by atoms with Crippen LogP contribution in [0.15, 0.2) is 18.2 Å². The smallest absolute Gasteiger partial charge is 0.324 e. The van der Waals surface area contributed by atoms with E-state index in [9.17, 15) is 19.2 Å². The van der Waals surface area contributed by atoms with Crippen LogP contribution in [0.1, 0.15) is 43.7 Å². The van der Waals surface area contributed by atoms with E-state index in [1.54, 1.807) is 6.07 Å². The van der Waals surface area contributed by atoms with Gasteiger partial charge in [-0.3, -0.25) is 19.3 Å². The first-order valence-electron chi connectivity index (χ1n) is 10.3. The molecule has 7 heteroatoms. The lowest BCUT2D eigenvalue weighted by Crippen LogP contribution is -2.45. The van der Waals surface area contributed by atoms with Gasteiger partial charge in [0.05, 0.1) is 0 Å². The zero-order valence-electron chi connectivity index (χ0n) is 17.1. The Hall–Kier alpha value is -2.70. The van der Waals surface area contributed by atoms with Crippen LogP contribution in [-0.4, -0.2) is 46.1 Å². The summed E-state index contributed by atoms with van der Waals surface area (Å²) >= 11 is 0. The van der Waals surface area contributed by atoms with Crippen LogP contribution >= 0.6 is 0 Å². The SMILES string of the molecule is Cc1ccc(NC(=O)CN2C(=O)C(=O)N([C@@H](C)[C@H]3C[C@H]4CC[C@H]3C4)C2=O)c(C)c1. The summed E-state index contributed by atoms with van der Waals surface area (Å²) in [7, 11) is 0. The molecular formula is C22H27N3O4. The van der Waals surface area contributed by atoms with Gasteiger partial charge in [-0.25, -0.2) is 9.69 Å². The molecule has 3 aliphatic rings. The van der Waals surface area contributed by atoms with E-state index in [1.165, 1.54) is 6.42 Å². The number of nitrogens with zero attached hydrogens (tertiary/aromatic N) is 2. The van der Waals surface area contributed by atoms with Crippen LogP contribution in [0.2, 0.25) is 0 Å². The molecule has 154 valence electrons. The van der Waals surface area contributed by atoms with Crippen molar-refractivity contribution in [2.45, 2.75) is 52.5 Å². The second kappa shape index (κ2) is 7.28. The number of urea groups is 1. The number of hydrogen-bond donors (Lipinski definition) is 1. The zero-order valence-corrected chi connectivity index (χ0v) is 17.1. The molecule has 29 heavy (non-hydrogen) atoms. The third-order valence-electron chi connectivity index (χ3n) is 6.86. The Morgan fingerprint density at radius 3 is 2.52 bits per heavy atom. The summed E-state index contributed by atoms with van der Waals surface area (Å²) in [4.78, 5) is 52.1. The van der Waals surface area contributed by atoms with Gasteiger partial charge < -0.3 is 5.32 Å². The van der Waals surface area contributed by atoms with Crippen LogP contribution in [0.25, 0.3) is 0 Å². The molecule has 4 atom stereocenters. The van der Waals surface area contributed by atoms with Crippen molar-refractivity contribution >= 4 is 29.4 Å². The molecule has 5 amide bonds. The van der Waals surface area contributed by atoms with Crippen LogP contribution in [-0.2, 0) is 14.4 Å². The Morgan fingerprint density at radius 1 is 1.14 bits per heavy atom. The highest BCUT2D eigenvalue weighted by Gasteiger charge is 2.52. The molecule has 7 nitrogen and oxygen atoms in total. The van der Waals surface area contributed by atoms with E-state index in [1.807, 2.05) is 32.9 Å². The van der Waals surface area contributed by atoms with E-state index >= 15 is 0 Å². The van der Waals surface area contributed by atoms with Crippen LogP contribution in [0.4, 0.5) is 10.5 Å². The third kappa shape index (κ3) is 3.43. The molecule has 3 fully saturated rings. The Bertz CT molecular complexity index is 896. The number of fused-ring (bicyclic) bond motifs is 2. The number of aryl methyl sites for hydroxylation is 2. The van der Waals surface area contributed by atoms with Crippen LogP contribution in [0, 0.1) is 31.6 Å². The van der Waals surface area contributed by atoms with Crippen molar-refractivity contribution in [3.63, 3.8) is 0 Å². The van der Waals surface area contributed by atoms with E-state index in [2.05, 4.69) is 5.32 Å². The molecule has 2 saturated carbocycles. The maximum Gasteiger partial charge on any atom is 0.334 e. The number of hydrogen-bond acceptors (Lipinski definition) is 4. The van der Waals surface area contributed by atoms with Gasteiger partial charge in [-0.1, -0.05) is 24.1 Å². The highest BCUT2D eigenvalue weighted by atomic mass is 16.2. The second-order valence-corrected chi connectivity index (χ2v) is 8.79. The predicted octanol–water partition coefficient (Wildman–Crippen LogP) is 2.86. The summed E-state index contributed by atoms with van der Waals surface area (Å²) in [6, 6.07) is 4.60. The first-order chi connectivity index (χ1) is 13.8. The van der Waals surface area contributed by atoms with Gasteiger partial charge in [0.1, 0.15) is 6.54 Å². The molecule has 0 aromatic heterocycles. The molecule has 1 aliphatic heterocycles. The first kappa shape index (κ1) is 19.6. The Kier molecular flexibility index (Phi) is 4.92. The molecule has 1 N–H and O–H groups in total. The van der Waals surface area contributed by atoms with Crippen molar-refractivity contribution in [2.24, 2.45) is 17.8 Å². The standard InChI is InChI=1S/C22H27N3O4/c1-12-4-7-18(13(2)8-12)23-19(26)11-24-20(27)21(28)25(22(24)29)14(3)17-10-15-5-6-16(17)9-15/h4,7-8,14-17H,5-6,9-11H2,1-3H3,(H,23,26)/t14-,15-,16-,17+/m0/s1. The zero-order chi connectivity index (χ0) is 20.9. The largest absolute Gasteiger partial charge is 0.334 e. The lowest BCUT2D eigenvalue weighted by Gasteiger charge is -2.32. The summed E-state index contributed by atoms with van der Waals surface area (Å²) in [6.45, 7) is 5.22. The topological polar surface area (TPSA) is 86.8 Å². The van der Waals surface area contributed by atoms with Gasteiger partial charge in [0.2, 0.25) is 5.91 Å². The number of anilines is 1. The maximum absolute atomic E-state index is 12.9. The molecule has 2 aliphatic carbocycles. The van der Waals surface area contributed by atoms with Gasteiger partial charge in [0, 0.05) is 11.7 Å². The third-order valence-corrected chi connectivity index (χ3v) is 6.86. The van der Waals surface area contributed by atoms with E-state index < -0.39 is 30.3 Å². The van der Waals surface area contributed by atoms with Gasteiger partial charge >= 0.3 is 17.8 Å². The van der Waals surface area contributed by atoms with Crippen molar-refractivity contribution in [2.75, 3.05) is 11.9 Å². The number of rotatable bonds is 5. The molecule has 1 saturated heterocycles. The number of imide groups is 2. The average Bonchev–Trinajstić information content (AvgIpc) is 3.35. The highest BCUT2D eigenvalue weighted by molar-refractivity contribution is 6.45. The normalized spacial score (nSPS) is 27.1. The molecule has 4 rings (SSSR count). The molecule has 1 aromatic rings. The van der Waals surface area contributed by atoms with Crippen molar-refractivity contribution in [1.82, 2.24) is 9.80 Å². The van der Waals surface area contributed by atoms with E-state index in [-0.39, 0.29) is 12.0 Å². The second-order valence-electron chi connectivity index (χ2n) is 8.79. The summed E-state index contributed by atoms with van der Waals surface area (Å²) in [5, 5.41) is 2.73. The van der Waals surface area contributed by atoms with Gasteiger partial charge in [0.25, 0.3) is 0 Å². The molecule has 0 spiro atoms. The predicted molar refractivity (Wildman–Crippen MR) is 107 cm³/mol. The summed E-state index contributed by atoms with van der Waals surface area (Å²) < 4.78 is 0. The van der Waals surface area contributed by atoms with E-state index in [4.69, 9.17) is 0 Å². The average molecular weight is 397 g/mol. The number of carbonyl (C=O) groups excluding carboxylic acids is 4. The number of carbonyl (C=O) groups is 4. The quantitative estimate of drug-likeness (QED) is 0.611. The summed E-state index contributed by atoms with van der Waals surface area (Å²) in [6.07, 6.45) is 4.51. The van der Waals surface area contributed by atoms with Crippen molar-refractivity contribution in [1.29, 1.82) is 0 Å². The van der Waals surface area contributed by atoms with Crippen molar-refractivity contribution in [3.05, 3.63) is 29.3 Å². The van der Waals surface area contributed by atoms with E-state index in [0.29, 0.717) is 17.5 Å². The van der Waals surface area contributed by atoms with Crippen molar-refractivity contribution in [3.8, 4) is 0 Å². The lowest BCUT2D eigenvalue weighted by molar-refractivity contribution is -0.144. The van der Waals surface area contributed by atoms with E-state index in [0.717, 1.165) is 40.2 Å². The minimum absolute atomic E-state index is 0.249. The molecule has 2 bridgehead atoms. The summed E-state index contributed by atoms with van der Waals surface area (Å²) in [5.41, 5.74) is 2.58. The summed E-state index contributed by atoms with van der Waals surface area (Å²) in [5.74, 6) is -0.784. The number of nitrogens with one attached hydrogen (secondary N) is 1. The number of amides is 5. The highest BCUT2D eigenvalue weighted by Crippen LogP contribution is 2.50.